The molecule has 2 rings (SSSR count). The third-order valence-electron chi connectivity index (χ3n) is 13.2. The lowest BCUT2D eigenvalue weighted by molar-refractivity contribution is -0.142. The molecule has 97 heavy (non-hydrogen) atoms. The van der Waals surface area contributed by atoms with Crippen molar-refractivity contribution in [1.29, 1.82) is 0 Å². The van der Waals surface area contributed by atoms with Crippen molar-refractivity contribution in [3.05, 3.63) is 0 Å². The van der Waals surface area contributed by atoms with E-state index in [0.717, 1.165) is 0 Å². The van der Waals surface area contributed by atoms with E-state index in [4.69, 9.17) is 49.0 Å². The highest BCUT2D eigenvalue weighted by Gasteiger charge is 2.44. The maximum absolute atomic E-state index is 12.8. The molecule has 2 heterocycles. The fourth-order valence-corrected chi connectivity index (χ4v) is 10.5. The van der Waals surface area contributed by atoms with Gasteiger partial charge in [-0.15, -0.1) is 0 Å². The average Bonchev–Trinajstić information content (AvgIpc) is 1.67. The standard InChI is InChI=1S/C20H28N7O10PS2.C12H24BN4O4PS.C11H24BN3O3.C9H19BN2O4/c28-12(2-11-17-10(7-40-11)26-20(37)27-17)22-4-13(29)21-3-9(24-14(30)6-38-39)19(36)25-8(1-15(31)32)18(35)23-5-16(33)34;1-4-8(11(19)14-5-2)17-12(20)9(6-15-13(3)21)16-10(18)7-22-23;1-5-9(11(17)13-6-2)15-10(16)8(3)7-14-12(4)18;1-4-7(9(14)15)12-8(13)6(2)5-11-10(3)16/h8-11,17H,1-7H2,(H,21,29)(H,22,28)(H,23,35)(H,24,30)(H,25,36)(H,31,32)(H,33,34)(H2,26,27,37);8-9,15,21H,4-7H2,1-3H3,(H,14,19)(H,16,18)(H,17,20);8-9,14,18H,5-7H2,1-4H3,(H,13,17)(H,15,16);6-7,11,16H,4-5H2,1-3H3,(H,12,13)(H,14,15). The largest absolute Gasteiger partial charge is 0.481 e. The summed E-state index contributed by atoms with van der Waals surface area (Å²) >= 11 is 10.9. The molecule has 11 atom stereocenters. The molecule has 2 aliphatic rings. The van der Waals surface area contributed by atoms with Gasteiger partial charge in [-0.2, -0.15) is 11.8 Å². The first-order valence-electron chi connectivity index (χ1n) is 30.9. The number of carboxylic acids is 3. The lowest BCUT2D eigenvalue weighted by Crippen LogP contribution is -2.58. The van der Waals surface area contributed by atoms with Crippen LogP contribution in [0, 0.1) is 11.8 Å². The van der Waals surface area contributed by atoms with Crippen LogP contribution in [0.4, 0.5) is 4.79 Å². The van der Waals surface area contributed by atoms with E-state index in [0.29, 0.717) is 58.6 Å². The molecule has 0 aliphatic carbocycles. The summed E-state index contributed by atoms with van der Waals surface area (Å²) < 4.78 is 0. The predicted molar refractivity (Wildman–Crippen MR) is 369 cm³/mol. The van der Waals surface area contributed by atoms with Crippen molar-refractivity contribution in [3.63, 3.8) is 0 Å². The number of thioether (sulfide) groups is 1. The number of urea groups is 1. The molecule has 0 bridgehead atoms. The van der Waals surface area contributed by atoms with Gasteiger partial charge in [-0.05, 0) is 81.4 Å². The van der Waals surface area contributed by atoms with Gasteiger partial charge in [-0.1, -0.05) is 58.2 Å². The van der Waals surface area contributed by atoms with Gasteiger partial charge in [0.1, 0.15) is 42.8 Å². The lowest BCUT2D eigenvalue weighted by atomic mass is 9.88. The van der Waals surface area contributed by atoms with Gasteiger partial charge in [-0.25, -0.2) is 9.59 Å². The smallest absolute Gasteiger partial charge is 0.373 e. The van der Waals surface area contributed by atoms with Crippen molar-refractivity contribution in [2.45, 2.75) is 155 Å². The van der Waals surface area contributed by atoms with E-state index in [9.17, 15) is 76.9 Å². The molecule has 0 saturated carbocycles. The van der Waals surface area contributed by atoms with Crippen LogP contribution in [0.1, 0.15) is 80.6 Å². The van der Waals surface area contributed by atoms with Crippen molar-refractivity contribution in [2.75, 3.05) is 70.4 Å². The zero-order chi connectivity index (χ0) is 74.5. The van der Waals surface area contributed by atoms with Gasteiger partial charge >= 0.3 is 45.1 Å². The minimum absolute atomic E-state index is 0.0371. The quantitative estimate of drug-likeness (QED) is 0.0153. The highest BCUT2D eigenvalue weighted by atomic mass is 32.4. The Hall–Kier alpha value is -6.81. The molecule has 11 unspecified atom stereocenters. The Kier molecular flexibility index (Phi) is 49.7. The second-order valence-electron chi connectivity index (χ2n) is 21.6. The number of carboxylic acid groups (broad SMARTS) is 3. The molecule has 45 heteroatoms. The predicted octanol–water partition coefficient (Wildman–Crippen LogP) is -6.91. The maximum Gasteiger partial charge on any atom is 0.373 e. The summed E-state index contributed by atoms with van der Waals surface area (Å²) in [6, 6.07) is -6.63. The van der Waals surface area contributed by atoms with Gasteiger partial charge < -0.3 is 115 Å². The van der Waals surface area contributed by atoms with Crippen molar-refractivity contribution in [3.8, 4) is 0 Å². The average molecular weight is 1470 g/mol. The first-order valence-corrected chi connectivity index (χ1v) is 36.1. The summed E-state index contributed by atoms with van der Waals surface area (Å²) in [5, 5.41) is 94.1. The number of hydrogen-bond acceptors (Lipinski definition) is 24. The van der Waals surface area contributed by atoms with E-state index in [1.165, 1.54) is 18.6 Å². The summed E-state index contributed by atoms with van der Waals surface area (Å²) in [4.78, 5) is 176. The fourth-order valence-electron chi connectivity index (χ4n) is 7.94. The third kappa shape index (κ3) is 42.6. The molecule has 0 radical (unpaired) electrons. The highest BCUT2D eigenvalue weighted by molar-refractivity contribution is 8.00. The van der Waals surface area contributed by atoms with Crippen LogP contribution >= 0.6 is 26.5 Å². The highest BCUT2D eigenvalue weighted by Crippen LogP contribution is 2.32. The Balaban J connectivity index is 0. The Morgan fingerprint density at radius 2 is 0.918 bits per heavy atom. The van der Waals surface area contributed by atoms with E-state index < -0.39 is 137 Å². The Bertz CT molecular complexity index is 2640. The van der Waals surface area contributed by atoms with Gasteiger partial charge in [0, 0.05) is 55.4 Å². The molecule has 2 saturated heterocycles. The normalized spacial score (nSPS) is 16.4. The Morgan fingerprint density at radius 3 is 1.33 bits per heavy atom. The van der Waals surface area contributed by atoms with Crippen LogP contribution in [0.3, 0.4) is 0 Å². The van der Waals surface area contributed by atoms with Crippen LogP contribution in [-0.4, -0.2) is 264 Å². The Morgan fingerprint density at radius 1 is 0.495 bits per heavy atom. The molecule has 22 N–H and O–H groups in total. The van der Waals surface area contributed by atoms with Crippen molar-refractivity contribution in [2.24, 2.45) is 11.8 Å². The van der Waals surface area contributed by atoms with Gasteiger partial charge in [0.25, 0.3) is 0 Å². The molecule has 13 amide bonds. The monoisotopic (exact) mass is 1470 g/mol. The SMILES string of the molecule is CCC(NC(=O)C(C)CNB(C)O)C(=O)O.CCNC(=O)C(CC)NC(=O)C(C)CNB(C)O.CCNC(=O)C(CC)NC(=O)C(CNB(C)O)NC(=O)CP=S.O=C(O)CNC(=O)C(CC(=O)O)NC(=O)C(CNC(=O)CNC(=O)CC1SCC2NC(=O)NC21)NC(=O)CP=S. The van der Waals surface area contributed by atoms with Crippen molar-refractivity contribution >= 4 is 160 Å². The third-order valence-corrected chi connectivity index (χ3v) is 16.2. The van der Waals surface area contributed by atoms with Crippen molar-refractivity contribution in [1.82, 2.24) is 84.8 Å². The summed E-state index contributed by atoms with van der Waals surface area (Å²) in [5.41, 5.74) is 0. The number of amides is 13. The van der Waals surface area contributed by atoms with Gasteiger partial charge in [-0.3, -0.25) is 62.3 Å². The number of likely N-dealkylation sites (N-methyl/N-ethyl adjacent to an activating group) is 2. The summed E-state index contributed by atoms with van der Waals surface area (Å²) in [6.07, 6.45) is 0.413. The summed E-state index contributed by atoms with van der Waals surface area (Å²) in [7, 11) is -1.42. The second kappa shape index (κ2) is 52.3. The van der Waals surface area contributed by atoms with Crippen molar-refractivity contribution < 1.29 is 102 Å². The first kappa shape index (κ1) is 92.3. The molecule has 2 fully saturated rings. The maximum atomic E-state index is 12.8. The van der Waals surface area contributed by atoms with Crippen LogP contribution in [0.15, 0.2) is 0 Å². The molecule has 2 aliphatic heterocycles. The molecular weight excluding hydrogens is 1380 g/mol. The minimum Gasteiger partial charge on any atom is -0.481 e. The topological polar surface area (TPSA) is 570 Å². The molecular formula is C52H95B3N16O21P2S3. The number of hydrogen-bond donors (Lipinski definition) is 22. The van der Waals surface area contributed by atoms with Crippen LogP contribution in [0.5, 0.6) is 0 Å². The Labute approximate surface area is 581 Å². The second-order valence-corrected chi connectivity index (χ2v) is 25.6. The summed E-state index contributed by atoms with van der Waals surface area (Å²) in [5.74, 6) is -9.69. The molecule has 37 nitrogen and oxygen atoms in total. The van der Waals surface area contributed by atoms with Gasteiger partial charge in [0.2, 0.25) is 65.0 Å². The number of rotatable bonds is 42. The van der Waals surface area contributed by atoms with Crippen LogP contribution in [0.25, 0.3) is 0 Å². The number of carbonyl (C=O) groups is 15. The molecule has 0 aromatic rings. The van der Waals surface area contributed by atoms with E-state index >= 15 is 0 Å². The molecule has 0 aromatic heterocycles. The molecule has 0 spiro atoms. The van der Waals surface area contributed by atoms with E-state index in [-0.39, 0.29) is 97.4 Å². The zero-order valence-corrected chi connectivity index (χ0v) is 60.1. The van der Waals surface area contributed by atoms with Gasteiger partial charge in [0.15, 0.2) is 0 Å². The first-order chi connectivity index (χ1) is 45.5. The van der Waals surface area contributed by atoms with E-state index in [2.05, 4.69) is 79.5 Å². The van der Waals surface area contributed by atoms with E-state index in [1.54, 1.807) is 48.3 Å². The number of fused-ring (bicyclic) bond motifs is 1. The molecule has 546 valence electrons. The van der Waals surface area contributed by atoms with Crippen LogP contribution < -0.4 is 84.8 Å². The lowest BCUT2D eigenvalue weighted by Gasteiger charge is -2.22. The van der Waals surface area contributed by atoms with Gasteiger partial charge in [0.05, 0.1) is 37.4 Å². The number of aliphatic carboxylic acids is 3. The van der Waals surface area contributed by atoms with E-state index in [1.807, 2.05) is 19.2 Å². The number of nitrogens with one attached hydrogen (secondary N) is 16. The molecule has 0 aromatic carbocycles. The van der Waals surface area contributed by atoms with Crippen LogP contribution in [-0.2, 0) is 90.7 Å². The zero-order valence-electron chi connectivity index (χ0n) is 55.8. The fraction of sp³-hybridized carbons (Fsp3) is 0.712. The number of carbonyl (C=O) groups excluding carboxylic acids is 12. The van der Waals surface area contributed by atoms with Crippen LogP contribution in [0.2, 0.25) is 20.5 Å². The minimum atomic E-state index is -1.68. The summed E-state index contributed by atoms with van der Waals surface area (Å²) in [6.45, 7) is 16.9.